The zero-order chi connectivity index (χ0) is 13.1. The fraction of sp³-hybridized carbons (Fsp3) is 0.833. The average molecular weight is 255 g/mol. The number of rotatable bonds is 3. The van der Waals surface area contributed by atoms with Crippen LogP contribution in [0.1, 0.15) is 19.3 Å². The molecule has 0 spiro atoms. The summed E-state index contributed by atoms with van der Waals surface area (Å²) in [6.07, 6.45) is 2.89. The van der Waals surface area contributed by atoms with Gasteiger partial charge in [-0.15, -0.1) is 0 Å². The molecule has 1 saturated heterocycles. The first-order valence-electron chi connectivity index (χ1n) is 6.52. The molecule has 1 aliphatic carbocycles. The van der Waals surface area contributed by atoms with Crippen LogP contribution in [-0.2, 0) is 14.3 Å². The Kier molecular flexibility index (Phi) is 4.19. The highest BCUT2D eigenvalue weighted by Gasteiger charge is 2.39. The van der Waals surface area contributed by atoms with E-state index in [2.05, 4.69) is 0 Å². The fourth-order valence-corrected chi connectivity index (χ4v) is 2.96. The fourth-order valence-electron chi connectivity index (χ4n) is 2.96. The van der Waals surface area contributed by atoms with Gasteiger partial charge in [0.1, 0.15) is 6.04 Å². The molecule has 18 heavy (non-hydrogen) atoms. The van der Waals surface area contributed by atoms with E-state index in [0.717, 1.165) is 19.3 Å². The van der Waals surface area contributed by atoms with E-state index in [1.165, 1.54) is 0 Å². The van der Waals surface area contributed by atoms with E-state index in [4.69, 9.17) is 16.2 Å². The Bertz CT molecular complexity index is 335. The largest absolute Gasteiger partial charge is 0.377 e. The Balaban J connectivity index is 2.08. The molecule has 0 radical (unpaired) electrons. The molecular weight excluding hydrogens is 234 g/mol. The lowest BCUT2D eigenvalue weighted by Crippen LogP contribution is -2.56. The number of morpholine rings is 1. The highest BCUT2D eigenvalue weighted by atomic mass is 16.5. The molecule has 0 aromatic carbocycles. The van der Waals surface area contributed by atoms with Crippen LogP contribution < -0.4 is 11.5 Å². The summed E-state index contributed by atoms with van der Waals surface area (Å²) >= 11 is 0. The summed E-state index contributed by atoms with van der Waals surface area (Å²) in [6.45, 7) is 1.65. The zero-order valence-corrected chi connectivity index (χ0v) is 10.5. The molecule has 2 amide bonds. The van der Waals surface area contributed by atoms with E-state index in [-0.39, 0.29) is 24.3 Å². The molecule has 3 atom stereocenters. The zero-order valence-electron chi connectivity index (χ0n) is 10.5. The van der Waals surface area contributed by atoms with Gasteiger partial charge in [0.15, 0.2) is 0 Å². The maximum atomic E-state index is 12.5. The van der Waals surface area contributed by atoms with Crippen molar-refractivity contribution in [2.45, 2.75) is 25.3 Å². The molecule has 0 aromatic heterocycles. The van der Waals surface area contributed by atoms with Gasteiger partial charge in [0.2, 0.25) is 11.8 Å². The summed E-state index contributed by atoms with van der Waals surface area (Å²) in [7, 11) is 0. The first-order valence-corrected chi connectivity index (χ1v) is 6.52. The van der Waals surface area contributed by atoms with E-state index in [1.807, 2.05) is 0 Å². The molecule has 0 aromatic rings. The van der Waals surface area contributed by atoms with Crippen LogP contribution in [0, 0.1) is 11.8 Å². The van der Waals surface area contributed by atoms with Gasteiger partial charge in [0.25, 0.3) is 0 Å². The molecule has 1 heterocycles. The number of carbonyl (C=O) groups excluding carboxylic acids is 2. The molecule has 6 heteroatoms. The van der Waals surface area contributed by atoms with Crippen molar-refractivity contribution >= 4 is 11.8 Å². The van der Waals surface area contributed by atoms with Crippen molar-refractivity contribution < 1.29 is 14.3 Å². The van der Waals surface area contributed by atoms with Gasteiger partial charge in [-0.2, -0.15) is 0 Å². The first kappa shape index (κ1) is 13.3. The lowest BCUT2D eigenvalue weighted by molar-refractivity contribution is -0.151. The van der Waals surface area contributed by atoms with Crippen molar-refractivity contribution in [1.82, 2.24) is 4.90 Å². The number of primary amides is 1. The average Bonchev–Trinajstić information content (AvgIpc) is 2.86. The van der Waals surface area contributed by atoms with Crippen molar-refractivity contribution in [2.24, 2.45) is 23.3 Å². The van der Waals surface area contributed by atoms with Crippen LogP contribution in [-0.4, -0.2) is 49.1 Å². The van der Waals surface area contributed by atoms with Crippen molar-refractivity contribution in [1.29, 1.82) is 0 Å². The van der Waals surface area contributed by atoms with E-state index in [9.17, 15) is 9.59 Å². The van der Waals surface area contributed by atoms with Crippen LogP contribution in [0.25, 0.3) is 0 Å². The van der Waals surface area contributed by atoms with Crippen molar-refractivity contribution in [3.8, 4) is 0 Å². The van der Waals surface area contributed by atoms with Gasteiger partial charge < -0.3 is 21.1 Å². The molecule has 2 aliphatic rings. The van der Waals surface area contributed by atoms with E-state index in [0.29, 0.717) is 19.7 Å². The maximum Gasteiger partial charge on any atom is 0.242 e. The molecule has 2 rings (SSSR count). The number of nitrogens with zero attached hydrogens (tertiary/aromatic N) is 1. The lowest BCUT2D eigenvalue weighted by atomic mass is 9.94. The van der Waals surface area contributed by atoms with Gasteiger partial charge in [-0.05, 0) is 25.3 Å². The Morgan fingerprint density at radius 2 is 2.11 bits per heavy atom. The third-order valence-corrected chi connectivity index (χ3v) is 4.02. The minimum absolute atomic E-state index is 0.0232. The quantitative estimate of drug-likeness (QED) is 0.681. The van der Waals surface area contributed by atoms with Gasteiger partial charge in [0.05, 0.1) is 13.2 Å². The minimum atomic E-state index is -0.620. The van der Waals surface area contributed by atoms with E-state index in [1.54, 1.807) is 4.90 Å². The molecule has 1 aliphatic heterocycles. The monoisotopic (exact) mass is 255 g/mol. The van der Waals surface area contributed by atoms with Crippen molar-refractivity contribution in [3.63, 3.8) is 0 Å². The first-order chi connectivity index (χ1) is 8.65. The molecule has 6 nitrogen and oxygen atoms in total. The second kappa shape index (κ2) is 5.67. The summed E-state index contributed by atoms with van der Waals surface area (Å²) in [5, 5.41) is 0. The summed E-state index contributed by atoms with van der Waals surface area (Å²) in [4.78, 5) is 25.4. The van der Waals surface area contributed by atoms with Gasteiger partial charge >= 0.3 is 0 Å². The molecule has 2 fully saturated rings. The second-order valence-corrected chi connectivity index (χ2v) is 5.06. The smallest absolute Gasteiger partial charge is 0.242 e. The van der Waals surface area contributed by atoms with Gasteiger partial charge in [-0.3, -0.25) is 9.59 Å². The van der Waals surface area contributed by atoms with Crippen molar-refractivity contribution in [3.05, 3.63) is 0 Å². The predicted molar refractivity (Wildman–Crippen MR) is 65.4 cm³/mol. The van der Waals surface area contributed by atoms with E-state index >= 15 is 0 Å². The van der Waals surface area contributed by atoms with Gasteiger partial charge in [0, 0.05) is 12.5 Å². The highest BCUT2D eigenvalue weighted by Crippen LogP contribution is 2.33. The number of carbonyl (C=O) groups is 2. The number of ether oxygens (including phenoxy) is 1. The predicted octanol–water partition coefficient (Wildman–Crippen LogP) is -0.926. The Hall–Kier alpha value is -1.14. The van der Waals surface area contributed by atoms with Crippen LogP contribution in [0.3, 0.4) is 0 Å². The third kappa shape index (κ3) is 2.49. The third-order valence-electron chi connectivity index (χ3n) is 4.02. The van der Waals surface area contributed by atoms with Crippen LogP contribution in [0.4, 0.5) is 0 Å². The normalized spacial score (nSPS) is 32.5. The highest BCUT2D eigenvalue weighted by molar-refractivity contribution is 5.88. The molecule has 0 bridgehead atoms. The van der Waals surface area contributed by atoms with Crippen LogP contribution in [0.2, 0.25) is 0 Å². The molecule has 1 saturated carbocycles. The molecule has 102 valence electrons. The molecule has 3 unspecified atom stereocenters. The summed E-state index contributed by atoms with van der Waals surface area (Å²) in [5.41, 5.74) is 11.0. The number of amides is 2. The second-order valence-electron chi connectivity index (χ2n) is 5.06. The summed E-state index contributed by atoms with van der Waals surface area (Å²) in [5.74, 6) is -0.274. The minimum Gasteiger partial charge on any atom is -0.377 e. The number of nitrogens with two attached hydrogens (primary N) is 2. The number of hydrogen-bond acceptors (Lipinski definition) is 4. The Labute approximate surface area is 107 Å². The van der Waals surface area contributed by atoms with Gasteiger partial charge in [-0.25, -0.2) is 0 Å². The SMILES string of the molecule is NCC1CCCC1C(=O)N1CCOCC1C(N)=O. The van der Waals surface area contributed by atoms with Crippen molar-refractivity contribution in [2.75, 3.05) is 26.3 Å². The topological polar surface area (TPSA) is 98.7 Å². The van der Waals surface area contributed by atoms with Crippen LogP contribution in [0.15, 0.2) is 0 Å². The summed E-state index contributed by atoms with van der Waals surface area (Å²) < 4.78 is 5.22. The molecule has 4 N–H and O–H groups in total. The number of hydrogen-bond donors (Lipinski definition) is 2. The van der Waals surface area contributed by atoms with E-state index < -0.39 is 11.9 Å². The van der Waals surface area contributed by atoms with Crippen LogP contribution >= 0.6 is 0 Å². The standard InChI is InChI=1S/C12H21N3O3/c13-6-8-2-1-3-9(8)12(17)15-4-5-18-7-10(15)11(14)16/h8-10H,1-7,13H2,(H2,14,16). The Morgan fingerprint density at radius 1 is 1.33 bits per heavy atom. The van der Waals surface area contributed by atoms with Gasteiger partial charge in [-0.1, -0.05) is 6.42 Å². The molecular formula is C12H21N3O3. The van der Waals surface area contributed by atoms with Crippen LogP contribution in [0.5, 0.6) is 0 Å². The summed E-state index contributed by atoms with van der Waals surface area (Å²) in [6, 6.07) is -0.620. The maximum absolute atomic E-state index is 12.5. The lowest BCUT2D eigenvalue weighted by Gasteiger charge is -2.36. The Morgan fingerprint density at radius 3 is 2.78 bits per heavy atom.